The zero-order valence-electron chi connectivity index (χ0n) is 21.6. The summed E-state index contributed by atoms with van der Waals surface area (Å²) < 4.78 is 0. The third kappa shape index (κ3) is 5.18. The predicted octanol–water partition coefficient (Wildman–Crippen LogP) is 9.16. The fourth-order valence-electron chi connectivity index (χ4n) is 4.00. The predicted molar refractivity (Wildman–Crippen MR) is 141 cm³/mol. The molecule has 0 aliphatic rings. The van der Waals surface area contributed by atoms with E-state index in [1.807, 2.05) is 0 Å². The van der Waals surface area contributed by atoms with E-state index in [0.29, 0.717) is 0 Å². The summed E-state index contributed by atoms with van der Waals surface area (Å²) in [5.41, 5.74) is 18.4. The van der Waals surface area contributed by atoms with Gasteiger partial charge in [0.25, 0.3) is 0 Å². The van der Waals surface area contributed by atoms with E-state index in [0.717, 1.165) is 5.57 Å². The first-order chi connectivity index (χ1) is 14.4. The monoisotopic (exact) mass is 412 g/mol. The lowest BCUT2D eigenvalue weighted by Crippen LogP contribution is -1.96. The second-order valence-corrected chi connectivity index (χ2v) is 9.26. The van der Waals surface area contributed by atoms with E-state index in [1.165, 1.54) is 72.4 Å². The van der Waals surface area contributed by atoms with Crippen molar-refractivity contribution in [3.63, 3.8) is 0 Å². The van der Waals surface area contributed by atoms with E-state index in [9.17, 15) is 0 Å². The number of allylic oxidation sites excluding steroid dienone is 5. The summed E-state index contributed by atoms with van der Waals surface area (Å²) in [6.45, 7) is 28.6. The molecule has 0 amide bonds. The Balaban J connectivity index is 2.37. The van der Waals surface area contributed by atoms with Crippen LogP contribution in [0.15, 0.2) is 47.1 Å². The molecule has 0 saturated carbocycles. The first-order valence-corrected chi connectivity index (χ1v) is 11.2. The Morgan fingerprint density at radius 2 is 1.10 bits per heavy atom. The van der Waals surface area contributed by atoms with Gasteiger partial charge in [-0.25, -0.2) is 0 Å². The van der Waals surface area contributed by atoms with Crippen molar-refractivity contribution < 1.29 is 0 Å². The highest BCUT2D eigenvalue weighted by atomic mass is 14.1. The molecule has 0 N–H and O–H groups in total. The molecular weight excluding hydrogens is 372 g/mol. The number of hydrogen-bond donors (Lipinski definition) is 0. The van der Waals surface area contributed by atoms with Crippen molar-refractivity contribution >= 4 is 12.2 Å². The van der Waals surface area contributed by atoms with E-state index in [-0.39, 0.29) is 0 Å². The lowest BCUT2D eigenvalue weighted by molar-refractivity contribution is 1.20. The lowest BCUT2D eigenvalue weighted by Gasteiger charge is -2.15. The Hall–Kier alpha value is -2.60. The van der Waals surface area contributed by atoms with Gasteiger partial charge in [0.05, 0.1) is 0 Å². The van der Waals surface area contributed by atoms with E-state index in [4.69, 9.17) is 0 Å². The highest BCUT2D eigenvalue weighted by molar-refractivity contribution is 5.67. The Bertz CT molecular complexity index is 1130. The fourth-order valence-corrected chi connectivity index (χ4v) is 4.00. The van der Waals surface area contributed by atoms with Gasteiger partial charge in [-0.15, -0.1) is 0 Å². The van der Waals surface area contributed by atoms with E-state index < -0.39 is 0 Å². The van der Waals surface area contributed by atoms with Gasteiger partial charge in [0.15, 0.2) is 0 Å². The summed E-state index contributed by atoms with van der Waals surface area (Å²) in [4.78, 5) is 0. The van der Waals surface area contributed by atoms with Crippen molar-refractivity contribution in [2.24, 2.45) is 0 Å². The molecule has 0 spiro atoms. The number of aryl methyl sites for hydroxylation is 2. The maximum Gasteiger partial charge on any atom is -0.0219 e. The van der Waals surface area contributed by atoms with Crippen molar-refractivity contribution in [3.8, 4) is 0 Å². The van der Waals surface area contributed by atoms with Gasteiger partial charge >= 0.3 is 0 Å². The minimum Gasteiger partial charge on any atom is -0.0912 e. The second kappa shape index (κ2) is 9.69. The van der Waals surface area contributed by atoms with Crippen molar-refractivity contribution in [3.05, 3.63) is 103 Å². The average molecular weight is 413 g/mol. The standard InChI is InChI=1S/C31H40/c1-18(13-14-30-15-19(2)24(7)26(9)28(30)11)22(5)23(6)20(3)16-31-17-21(4)25(8)27(10)29(31)12/h13-17H,6H2,1-5,7-12H3/b14-13+,20-16+,22-18?. The van der Waals surface area contributed by atoms with Crippen LogP contribution < -0.4 is 0 Å². The van der Waals surface area contributed by atoms with Crippen molar-refractivity contribution in [1.82, 2.24) is 0 Å². The zero-order chi connectivity index (χ0) is 23.6. The highest BCUT2D eigenvalue weighted by Crippen LogP contribution is 2.28. The molecule has 164 valence electrons. The van der Waals surface area contributed by atoms with Crippen LogP contribution in [0.5, 0.6) is 0 Å². The molecule has 0 heterocycles. The summed E-state index contributed by atoms with van der Waals surface area (Å²) >= 11 is 0. The minimum absolute atomic E-state index is 1.10. The van der Waals surface area contributed by atoms with Crippen LogP contribution in [0.1, 0.15) is 76.4 Å². The third-order valence-electron chi connectivity index (χ3n) is 7.45. The third-order valence-corrected chi connectivity index (χ3v) is 7.45. The number of benzene rings is 2. The van der Waals surface area contributed by atoms with E-state index >= 15 is 0 Å². The van der Waals surface area contributed by atoms with Crippen LogP contribution in [0.2, 0.25) is 0 Å². The Labute approximate surface area is 191 Å². The average Bonchev–Trinajstić information content (AvgIpc) is 2.74. The molecule has 2 rings (SSSR count). The molecule has 0 radical (unpaired) electrons. The van der Waals surface area contributed by atoms with Crippen LogP contribution in [0, 0.1) is 55.4 Å². The number of hydrogen-bond acceptors (Lipinski definition) is 0. The molecule has 0 aromatic heterocycles. The van der Waals surface area contributed by atoms with Gasteiger partial charge < -0.3 is 0 Å². The molecule has 0 bridgehead atoms. The first-order valence-electron chi connectivity index (χ1n) is 11.2. The zero-order valence-corrected chi connectivity index (χ0v) is 21.6. The van der Waals surface area contributed by atoms with Gasteiger partial charge in [0.1, 0.15) is 0 Å². The molecule has 0 heteroatoms. The molecule has 0 aliphatic carbocycles. The smallest absolute Gasteiger partial charge is 0.0219 e. The normalized spacial score (nSPS) is 13.1. The Morgan fingerprint density at radius 1 is 0.645 bits per heavy atom. The maximum atomic E-state index is 4.42. The highest BCUT2D eigenvalue weighted by Gasteiger charge is 2.09. The van der Waals surface area contributed by atoms with Crippen molar-refractivity contribution in [2.45, 2.75) is 76.2 Å². The van der Waals surface area contributed by atoms with Crippen molar-refractivity contribution in [2.75, 3.05) is 0 Å². The topological polar surface area (TPSA) is 0 Å². The summed E-state index contributed by atoms with van der Waals surface area (Å²) in [6.07, 6.45) is 6.76. The van der Waals surface area contributed by atoms with E-state index in [2.05, 4.69) is 113 Å². The molecule has 0 atom stereocenters. The minimum atomic E-state index is 1.10. The molecule has 2 aromatic carbocycles. The van der Waals surface area contributed by atoms with Gasteiger partial charge in [-0.1, -0.05) is 36.9 Å². The molecule has 0 fully saturated rings. The molecule has 2 aromatic rings. The van der Waals surface area contributed by atoms with Gasteiger partial charge in [0.2, 0.25) is 0 Å². The van der Waals surface area contributed by atoms with Crippen LogP contribution in [-0.2, 0) is 0 Å². The first kappa shape index (κ1) is 24.7. The lowest BCUT2D eigenvalue weighted by atomic mass is 9.91. The van der Waals surface area contributed by atoms with Gasteiger partial charge in [0, 0.05) is 0 Å². The molecule has 0 aliphatic heterocycles. The second-order valence-electron chi connectivity index (χ2n) is 9.26. The Kier molecular flexibility index (Phi) is 7.71. The van der Waals surface area contributed by atoms with Crippen molar-refractivity contribution in [1.29, 1.82) is 0 Å². The molecular formula is C31H40. The summed E-state index contributed by atoms with van der Waals surface area (Å²) in [5.74, 6) is 0. The summed E-state index contributed by atoms with van der Waals surface area (Å²) in [5, 5.41) is 0. The van der Waals surface area contributed by atoms with Crippen LogP contribution in [0.3, 0.4) is 0 Å². The van der Waals surface area contributed by atoms with Gasteiger partial charge in [-0.05, 0) is 154 Å². The fraction of sp³-hybridized carbons (Fsp3) is 0.355. The molecule has 31 heavy (non-hydrogen) atoms. The van der Waals surface area contributed by atoms with E-state index in [1.54, 1.807) is 0 Å². The van der Waals surface area contributed by atoms with Crippen LogP contribution in [0.25, 0.3) is 12.2 Å². The van der Waals surface area contributed by atoms with Crippen LogP contribution in [0.4, 0.5) is 0 Å². The SMILES string of the molecule is C=C(C(C)=C(C)/C=C/c1cc(C)c(C)c(C)c1C)/C(C)=C/c1cc(C)c(C)c(C)c1C. The van der Waals surface area contributed by atoms with Crippen LogP contribution in [-0.4, -0.2) is 0 Å². The number of rotatable bonds is 5. The van der Waals surface area contributed by atoms with Crippen LogP contribution >= 0.6 is 0 Å². The quantitative estimate of drug-likeness (QED) is 0.429. The Morgan fingerprint density at radius 3 is 1.61 bits per heavy atom. The summed E-state index contributed by atoms with van der Waals surface area (Å²) in [7, 11) is 0. The molecule has 0 saturated heterocycles. The van der Waals surface area contributed by atoms with Gasteiger partial charge in [-0.3, -0.25) is 0 Å². The van der Waals surface area contributed by atoms with Gasteiger partial charge in [-0.2, -0.15) is 0 Å². The largest absolute Gasteiger partial charge is 0.0912 e. The molecule has 0 nitrogen and oxygen atoms in total. The maximum absolute atomic E-state index is 4.42. The molecule has 0 unspecified atom stereocenters. The summed E-state index contributed by atoms with van der Waals surface area (Å²) in [6, 6.07) is 4.59.